The minimum atomic E-state index is -0.660. The van der Waals surface area contributed by atoms with E-state index in [0.717, 1.165) is 0 Å². The average Bonchev–Trinajstić information content (AvgIpc) is 2.71. The van der Waals surface area contributed by atoms with Gasteiger partial charge in [-0.3, -0.25) is 4.79 Å². The van der Waals surface area contributed by atoms with Crippen LogP contribution >= 0.6 is 11.5 Å². The molecule has 0 aliphatic carbocycles. The number of aromatic nitrogens is 4. The largest absolute Gasteiger partial charge is 0.396 e. The van der Waals surface area contributed by atoms with Gasteiger partial charge in [0.15, 0.2) is 5.69 Å². The van der Waals surface area contributed by atoms with Crippen molar-refractivity contribution < 1.29 is 4.79 Å². The lowest BCUT2D eigenvalue weighted by molar-refractivity contribution is 0.0996. The SMILES string of the molecule is Cc1nsc(-n2cc(N)c(C(N)=O)n2)n1. The van der Waals surface area contributed by atoms with Crippen molar-refractivity contribution in [2.75, 3.05) is 5.73 Å². The molecule has 2 aromatic rings. The molecule has 0 radical (unpaired) electrons. The number of rotatable bonds is 2. The van der Waals surface area contributed by atoms with Gasteiger partial charge < -0.3 is 11.5 Å². The molecule has 1 amide bonds. The number of carbonyl (C=O) groups excluding carboxylic acids is 1. The summed E-state index contributed by atoms with van der Waals surface area (Å²) in [6, 6.07) is 0. The fourth-order valence-corrected chi connectivity index (χ4v) is 1.66. The molecule has 0 aliphatic heterocycles. The predicted molar refractivity (Wildman–Crippen MR) is 54.7 cm³/mol. The third-order valence-corrected chi connectivity index (χ3v) is 2.49. The smallest absolute Gasteiger partial charge is 0.271 e. The van der Waals surface area contributed by atoms with Crippen molar-refractivity contribution >= 4 is 23.1 Å². The highest BCUT2D eigenvalue weighted by Crippen LogP contribution is 2.15. The number of nitrogens with zero attached hydrogens (tertiary/aromatic N) is 4. The molecule has 0 saturated heterocycles. The Bertz CT molecular complexity index is 515. The number of nitrogen functional groups attached to an aromatic ring is 1. The molecule has 7 nitrogen and oxygen atoms in total. The van der Waals surface area contributed by atoms with Crippen LogP contribution in [0.3, 0.4) is 0 Å². The molecule has 2 heterocycles. The van der Waals surface area contributed by atoms with Crippen LogP contribution in [0.25, 0.3) is 5.13 Å². The zero-order valence-corrected chi connectivity index (χ0v) is 8.65. The second-order valence-electron chi connectivity index (χ2n) is 2.87. The summed E-state index contributed by atoms with van der Waals surface area (Å²) in [5, 5.41) is 4.47. The normalized spacial score (nSPS) is 10.5. The predicted octanol–water partition coefficient (Wildman–Crippen LogP) is -0.287. The summed E-state index contributed by atoms with van der Waals surface area (Å²) >= 11 is 1.17. The molecule has 8 heteroatoms. The van der Waals surface area contributed by atoms with Gasteiger partial charge in [0, 0.05) is 11.5 Å². The summed E-state index contributed by atoms with van der Waals surface area (Å²) in [5.74, 6) is -0.0165. The minimum absolute atomic E-state index is 0.0443. The van der Waals surface area contributed by atoms with Crippen LogP contribution in [0.1, 0.15) is 16.3 Å². The quantitative estimate of drug-likeness (QED) is 0.728. The van der Waals surface area contributed by atoms with Crippen LogP contribution < -0.4 is 11.5 Å². The van der Waals surface area contributed by atoms with Crippen LogP contribution in [0.2, 0.25) is 0 Å². The van der Waals surface area contributed by atoms with Gasteiger partial charge in [0.25, 0.3) is 5.91 Å². The number of hydrogen-bond donors (Lipinski definition) is 2. The van der Waals surface area contributed by atoms with Gasteiger partial charge in [-0.15, -0.1) is 0 Å². The molecule has 2 aromatic heterocycles. The Balaban J connectivity index is 2.46. The van der Waals surface area contributed by atoms with Crippen LogP contribution in [-0.2, 0) is 0 Å². The van der Waals surface area contributed by atoms with E-state index in [1.54, 1.807) is 6.92 Å². The topological polar surface area (TPSA) is 113 Å². The fraction of sp³-hybridized carbons (Fsp3) is 0.143. The fourth-order valence-electron chi connectivity index (χ4n) is 1.06. The van der Waals surface area contributed by atoms with Gasteiger partial charge in [-0.05, 0) is 6.92 Å². The Labute approximate surface area is 88.9 Å². The summed E-state index contributed by atoms with van der Waals surface area (Å²) in [4.78, 5) is 15.0. The molecule has 0 aromatic carbocycles. The first kappa shape index (κ1) is 9.59. The first-order chi connectivity index (χ1) is 7.08. The van der Waals surface area contributed by atoms with Crippen molar-refractivity contribution in [2.24, 2.45) is 5.73 Å². The number of anilines is 1. The van der Waals surface area contributed by atoms with E-state index in [4.69, 9.17) is 11.5 Å². The second-order valence-corrected chi connectivity index (χ2v) is 3.60. The molecule has 0 bridgehead atoms. The van der Waals surface area contributed by atoms with Gasteiger partial charge in [0.2, 0.25) is 5.13 Å². The highest BCUT2D eigenvalue weighted by atomic mass is 32.1. The minimum Gasteiger partial charge on any atom is -0.396 e. The Morgan fingerprint density at radius 2 is 2.33 bits per heavy atom. The van der Waals surface area contributed by atoms with E-state index in [1.165, 1.54) is 22.4 Å². The summed E-state index contributed by atoms with van der Waals surface area (Å²) in [6.07, 6.45) is 1.49. The Hall–Kier alpha value is -1.96. The standard InChI is InChI=1S/C7H8N6OS/c1-3-10-7(15-12-3)13-2-4(8)5(11-13)6(9)14/h2H,8H2,1H3,(H2,9,14). The lowest BCUT2D eigenvalue weighted by Crippen LogP contribution is -2.13. The molecule has 0 atom stereocenters. The highest BCUT2D eigenvalue weighted by Gasteiger charge is 2.13. The van der Waals surface area contributed by atoms with E-state index in [9.17, 15) is 4.79 Å². The van der Waals surface area contributed by atoms with E-state index in [2.05, 4.69) is 14.5 Å². The highest BCUT2D eigenvalue weighted by molar-refractivity contribution is 7.08. The molecule has 0 saturated carbocycles. The van der Waals surface area contributed by atoms with Gasteiger partial charge in [-0.2, -0.15) is 9.47 Å². The van der Waals surface area contributed by atoms with E-state index in [1.807, 2.05) is 0 Å². The van der Waals surface area contributed by atoms with Crippen molar-refractivity contribution in [3.8, 4) is 5.13 Å². The third kappa shape index (κ3) is 1.66. The molecule has 0 aliphatic rings. The van der Waals surface area contributed by atoms with Gasteiger partial charge in [0.1, 0.15) is 5.82 Å². The van der Waals surface area contributed by atoms with Gasteiger partial charge in [0.05, 0.1) is 11.9 Å². The van der Waals surface area contributed by atoms with Gasteiger partial charge in [-0.25, -0.2) is 9.67 Å². The van der Waals surface area contributed by atoms with Crippen LogP contribution in [-0.4, -0.2) is 25.0 Å². The van der Waals surface area contributed by atoms with Crippen molar-refractivity contribution in [2.45, 2.75) is 6.92 Å². The summed E-state index contributed by atoms with van der Waals surface area (Å²) in [6.45, 7) is 1.77. The molecule has 2 rings (SSSR count). The number of aryl methyl sites for hydroxylation is 1. The van der Waals surface area contributed by atoms with Crippen LogP contribution in [0.5, 0.6) is 0 Å². The number of primary amides is 1. The second kappa shape index (κ2) is 3.31. The van der Waals surface area contributed by atoms with Crippen molar-refractivity contribution in [3.05, 3.63) is 17.7 Å². The summed E-state index contributed by atoms with van der Waals surface area (Å²) in [5.41, 5.74) is 10.9. The molecular formula is C7H8N6OS. The van der Waals surface area contributed by atoms with Crippen LogP contribution in [0.4, 0.5) is 5.69 Å². The summed E-state index contributed by atoms with van der Waals surface area (Å²) in [7, 11) is 0. The maximum atomic E-state index is 10.9. The zero-order chi connectivity index (χ0) is 11.0. The molecule has 0 fully saturated rings. The molecule has 0 spiro atoms. The molecule has 15 heavy (non-hydrogen) atoms. The number of amides is 1. The van der Waals surface area contributed by atoms with Crippen LogP contribution in [0.15, 0.2) is 6.20 Å². The maximum absolute atomic E-state index is 10.9. The van der Waals surface area contributed by atoms with Crippen molar-refractivity contribution in [1.29, 1.82) is 0 Å². The van der Waals surface area contributed by atoms with E-state index in [-0.39, 0.29) is 11.4 Å². The lowest BCUT2D eigenvalue weighted by Gasteiger charge is -1.90. The number of carbonyl (C=O) groups is 1. The van der Waals surface area contributed by atoms with Crippen LogP contribution in [0, 0.1) is 6.92 Å². The monoisotopic (exact) mass is 224 g/mol. The van der Waals surface area contributed by atoms with Crippen molar-refractivity contribution in [1.82, 2.24) is 19.1 Å². The first-order valence-electron chi connectivity index (χ1n) is 4.03. The van der Waals surface area contributed by atoms with Gasteiger partial charge >= 0.3 is 0 Å². The van der Waals surface area contributed by atoms with Gasteiger partial charge in [-0.1, -0.05) is 0 Å². The average molecular weight is 224 g/mol. The third-order valence-electron chi connectivity index (χ3n) is 1.69. The molecular weight excluding hydrogens is 216 g/mol. The maximum Gasteiger partial charge on any atom is 0.271 e. The Kier molecular flexibility index (Phi) is 2.12. The molecule has 0 unspecified atom stereocenters. The Morgan fingerprint density at radius 1 is 1.60 bits per heavy atom. The first-order valence-corrected chi connectivity index (χ1v) is 4.81. The number of nitrogens with two attached hydrogens (primary N) is 2. The van der Waals surface area contributed by atoms with E-state index >= 15 is 0 Å². The zero-order valence-electron chi connectivity index (χ0n) is 7.84. The van der Waals surface area contributed by atoms with E-state index < -0.39 is 5.91 Å². The van der Waals surface area contributed by atoms with E-state index in [0.29, 0.717) is 11.0 Å². The summed E-state index contributed by atoms with van der Waals surface area (Å²) < 4.78 is 5.38. The molecule has 78 valence electrons. The van der Waals surface area contributed by atoms with Crippen molar-refractivity contribution in [3.63, 3.8) is 0 Å². The lowest BCUT2D eigenvalue weighted by atomic mass is 10.4. The number of hydrogen-bond acceptors (Lipinski definition) is 6. The molecule has 4 N–H and O–H groups in total. The Morgan fingerprint density at radius 3 is 2.80 bits per heavy atom.